The van der Waals surface area contributed by atoms with Crippen LogP contribution in [0.15, 0.2) is 12.2 Å². The highest BCUT2D eigenvalue weighted by Crippen LogP contribution is 2.26. The monoisotopic (exact) mass is 182 g/mol. The molecule has 1 rings (SSSR count). The van der Waals surface area contributed by atoms with Gasteiger partial charge in [-0.1, -0.05) is 25.8 Å². The molecule has 3 heteroatoms. The Labute approximate surface area is 77.4 Å². The standard InChI is InChI=1S/C10H14O3/c1-7(10(12)13)9(11)8-5-3-2-4-6-8/h8H,1-6H2,(H,12,13). The highest BCUT2D eigenvalue weighted by atomic mass is 16.4. The summed E-state index contributed by atoms with van der Waals surface area (Å²) in [5, 5.41) is 8.56. The summed E-state index contributed by atoms with van der Waals surface area (Å²) in [6.45, 7) is 3.28. The summed E-state index contributed by atoms with van der Waals surface area (Å²) in [6, 6.07) is 0. The van der Waals surface area contributed by atoms with E-state index in [0.717, 1.165) is 32.1 Å². The molecule has 0 saturated heterocycles. The van der Waals surface area contributed by atoms with Gasteiger partial charge in [0.15, 0.2) is 5.78 Å². The molecule has 1 N–H and O–H groups in total. The van der Waals surface area contributed by atoms with Gasteiger partial charge in [-0.15, -0.1) is 0 Å². The van der Waals surface area contributed by atoms with Crippen LogP contribution in [0.2, 0.25) is 0 Å². The SMILES string of the molecule is C=C(C(=O)O)C(=O)C1CCCCC1. The van der Waals surface area contributed by atoms with Gasteiger partial charge < -0.3 is 5.11 Å². The molecule has 0 aromatic carbocycles. The zero-order chi connectivity index (χ0) is 9.84. The van der Waals surface area contributed by atoms with E-state index in [1.165, 1.54) is 0 Å². The van der Waals surface area contributed by atoms with Crippen LogP contribution in [-0.4, -0.2) is 16.9 Å². The molecule has 0 unspecified atom stereocenters. The molecule has 0 aromatic rings. The van der Waals surface area contributed by atoms with Crippen LogP contribution < -0.4 is 0 Å². The van der Waals surface area contributed by atoms with E-state index in [0.29, 0.717) is 0 Å². The van der Waals surface area contributed by atoms with Crippen LogP contribution in [-0.2, 0) is 9.59 Å². The van der Waals surface area contributed by atoms with Crippen LogP contribution in [0.1, 0.15) is 32.1 Å². The Kier molecular flexibility index (Phi) is 3.23. The fraction of sp³-hybridized carbons (Fsp3) is 0.600. The molecule has 13 heavy (non-hydrogen) atoms. The van der Waals surface area contributed by atoms with Crippen LogP contribution >= 0.6 is 0 Å². The van der Waals surface area contributed by atoms with Gasteiger partial charge >= 0.3 is 5.97 Å². The van der Waals surface area contributed by atoms with Crippen molar-refractivity contribution in [2.45, 2.75) is 32.1 Å². The van der Waals surface area contributed by atoms with Crippen molar-refractivity contribution in [2.75, 3.05) is 0 Å². The van der Waals surface area contributed by atoms with E-state index in [4.69, 9.17) is 5.11 Å². The third-order valence-electron chi connectivity index (χ3n) is 2.53. The largest absolute Gasteiger partial charge is 0.478 e. The minimum Gasteiger partial charge on any atom is -0.478 e. The maximum atomic E-state index is 11.5. The van der Waals surface area contributed by atoms with Gasteiger partial charge in [-0.25, -0.2) is 4.79 Å². The van der Waals surface area contributed by atoms with Crippen LogP contribution in [0.4, 0.5) is 0 Å². The number of ketones is 1. The van der Waals surface area contributed by atoms with E-state index in [-0.39, 0.29) is 17.3 Å². The topological polar surface area (TPSA) is 54.4 Å². The predicted molar refractivity (Wildman–Crippen MR) is 48.4 cm³/mol. The van der Waals surface area contributed by atoms with Crippen molar-refractivity contribution in [3.63, 3.8) is 0 Å². The number of hydrogen-bond donors (Lipinski definition) is 1. The van der Waals surface area contributed by atoms with Crippen molar-refractivity contribution in [1.82, 2.24) is 0 Å². The summed E-state index contributed by atoms with van der Waals surface area (Å²) in [6.07, 6.45) is 4.87. The first-order chi connectivity index (χ1) is 6.13. The molecule has 0 heterocycles. The molecule has 1 fully saturated rings. The maximum absolute atomic E-state index is 11.5. The lowest BCUT2D eigenvalue weighted by atomic mass is 9.84. The Balaban J connectivity index is 2.55. The van der Waals surface area contributed by atoms with E-state index >= 15 is 0 Å². The van der Waals surface area contributed by atoms with Crippen LogP contribution in [0.3, 0.4) is 0 Å². The molecule has 1 saturated carbocycles. The molecular weight excluding hydrogens is 168 g/mol. The Hall–Kier alpha value is -1.12. The quantitative estimate of drug-likeness (QED) is 0.411. The van der Waals surface area contributed by atoms with Crippen molar-refractivity contribution in [2.24, 2.45) is 5.92 Å². The first-order valence-corrected chi connectivity index (χ1v) is 4.59. The minimum absolute atomic E-state index is 0.0858. The van der Waals surface area contributed by atoms with Gasteiger partial charge in [0.2, 0.25) is 0 Å². The highest BCUT2D eigenvalue weighted by molar-refractivity contribution is 6.16. The van der Waals surface area contributed by atoms with Gasteiger partial charge in [-0.2, -0.15) is 0 Å². The summed E-state index contributed by atoms with van der Waals surface area (Å²) in [4.78, 5) is 21.9. The van der Waals surface area contributed by atoms with E-state index < -0.39 is 5.97 Å². The molecule has 0 spiro atoms. The molecule has 0 amide bonds. The normalized spacial score (nSPS) is 18.2. The summed E-state index contributed by atoms with van der Waals surface area (Å²) >= 11 is 0. The van der Waals surface area contributed by atoms with Gasteiger partial charge in [0.1, 0.15) is 0 Å². The second-order valence-electron chi connectivity index (χ2n) is 3.48. The van der Waals surface area contributed by atoms with Crippen LogP contribution in [0, 0.1) is 5.92 Å². The van der Waals surface area contributed by atoms with Gasteiger partial charge in [-0.3, -0.25) is 4.79 Å². The van der Waals surface area contributed by atoms with E-state index in [1.54, 1.807) is 0 Å². The molecule has 1 aliphatic carbocycles. The predicted octanol–water partition coefficient (Wildman–Crippen LogP) is 1.78. The number of carbonyl (C=O) groups excluding carboxylic acids is 1. The lowest BCUT2D eigenvalue weighted by Gasteiger charge is -2.19. The first kappa shape index (κ1) is 9.96. The minimum atomic E-state index is -1.18. The van der Waals surface area contributed by atoms with Crippen LogP contribution in [0.5, 0.6) is 0 Å². The Morgan fingerprint density at radius 2 is 1.69 bits per heavy atom. The number of carbonyl (C=O) groups is 2. The third kappa shape index (κ3) is 2.41. The first-order valence-electron chi connectivity index (χ1n) is 4.59. The molecule has 0 aromatic heterocycles. The zero-order valence-electron chi connectivity index (χ0n) is 7.58. The van der Waals surface area contributed by atoms with Crippen molar-refractivity contribution in [3.8, 4) is 0 Å². The average Bonchev–Trinajstić information content (AvgIpc) is 2.17. The number of rotatable bonds is 3. The summed E-state index contributed by atoms with van der Waals surface area (Å²) in [5.41, 5.74) is -0.257. The number of carboxylic acids is 1. The lowest BCUT2D eigenvalue weighted by molar-refractivity contribution is -0.135. The maximum Gasteiger partial charge on any atom is 0.338 e. The number of Topliss-reactive ketones (excluding diaryl/α,β-unsaturated/α-hetero) is 1. The summed E-state index contributed by atoms with van der Waals surface area (Å²) < 4.78 is 0. The number of aliphatic carboxylic acids is 1. The second-order valence-corrected chi connectivity index (χ2v) is 3.48. The van der Waals surface area contributed by atoms with E-state index in [1.807, 2.05) is 0 Å². The molecule has 72 valence electrons. The van der Waals surface area contributed by atoms with Gasteiger partial charge in [0.25, 0.3) is 0 Å². The molecule has 1 aliphatic rings. The van der Waals surface area contributed by atoms with Crippen molar-refractivity contribution < 1.29 is 14.7 Å². The zero-order valence-corrected chi connectivity index (χ0v) is 7.58. The van der Waals surface area contributed by atoms with Gasteiger partial charge in [-0.05, 0) is 12.8 Å². The van der Waals surface area contributed by atoms with Crippen molar-refractivity contribution >= 4 is 11.8 Å². The highest BCUT2D eigenvalue weighted by Gasteiger charge is 2.25. The van der Waals surface area contributed by atoms with Crippen molar-refractivity contribution in [3.05, 3.63) is 12.2 Å². The number of carboxylic acid groups (broad SMARTS) is 1. The van der Waals surface area contributed by atoms with Gasteiger partial charge in [0, 0.05) is 5.92 Å². The average molecular weight is 182 g/mol. The summed E-state index contributed by atoms with van der Waals surface area (Å²) in [7, 11) is 0. The van der Waals surface area contributed by atoms with E-state index in [2.05, 4.69) is 6.58 Å². The van der Waals surface area contributed by atoms with Gasteiger partial charge in [0.05, 0.1) is 5.57 Å². The van der Waals surface area contributed by atoms with E-state index in [9.17, 15) is 9.59 Å². The molecule has 0 aliphatic heterocycles. The smallest absolute Gasteiger partial charge is 0.338 e. The molecule has 0 atom stereocenters. The molecule has 3 nitrogen and oxygen atoms in total. The number of hydrogen-bond acceptors (Lipinski definition) is 2. The van der Waals surface area contributed by atoms with Crippen LogP contribution in [0.25, 0.3) is 0 Å². The Morgan fingerprint density at radius 3 is 2.15 bits per heavy atom. The second kappa shape index (κ2) is 4.21. The molecule has 0 radical (unpaired) electrons. The fourth-order valence-corrected chi connectivity index (χ4v) is 1.72. The Morgan fingerprint density at radius 1 is 1.15 bits per heavy atom. The third-order valence-corrected chi connectivity index (χ3v) is 2.53. The molecular formula is C10H14O3. The summed E-state index contributed by atoms with van der Waals surface area (Å²) in [5.74, 6) is -1.54. The molecule has 0 bridgehead atoms. The van der Waals surface area contributed by atoms with Crippen molar-refractivity contribution in [1.29, 1.82) is 0 Å². The lowest BCUT2D eigenvalue weighted by Crippen LogP contribution is -2.22. The Bertz CT molecular complexity index is 237. The fourth-order valence-electron chi connectivity index (χ4n) is 1.72.